The molecule has 0 aliphatic heterocycles. The first-order chi connectivity index (χ1) is 8.15. The average Bonchev–Trinajstić information content (AvgIpc) is 2.30. The van der Waals surface area contributed by atoms with E-state index in [1.165, 1.54) is 0 Å². The fraction of sp³-hybridized carbons (Fsp3) is 0.462. The Morgan fingerprint density at radius 3 is 2.65 bits per heavy atom. The second kappa shape index (κ2) is 6.78. The molecule has 0 fully saturated rings. The van der Waals surface area contributed by atoms with Crippen LogP contribution >= 0.6 is 0 Å². The van der Waals surface area contributed by atoms with Crippen molar-refractivity contribution in [2.45, 2.75) is 26.2 Å². The highest BCUT2D eigenvalue weighted by Gasteiger charge is 2.10. The van der Waals surface area contributed by atoms with E-state index in [1.807, 2.05) is 29.2 Å². The van der Waals surface area contributed by atoms with Gasteiger partial charge in [0.2, 0.25) is 0 Å². The molecule has 0 amide bonds. The molecule has 94 valence electrons. The molecule has 0 atom stereocenters. The maximum atomic E-state index is 10.6. The quantitative estimate of drug-likeness (QED) is 0.713. The molecule has 0 aliphatic carbocycles. The summed E-state index contributed by atoms with van der Waals surface area (Å²) in [5.41, 5.74) is 7.55. The van der Waals surface area contributed by atoms with Crippen molar-refractivity contribution in [2.75, 3.05) is 23.7 Å². The van der Waals surface area contributed by atoms with Crippen LogP contribution in [0.2, 0.25) is 0 Å². The summed E-state index contributed by atoms with van der Waals surface area (Å²) in [5, 5.41) is 8.75. The predicted octanol–water partition coefficient (Wildman–Crippen LogP) is 2.35. The van der Waals surface area contributed by atoms with Gasteiger partial charge in [0.05, 0.1) is 17.8 Å². The topological polar surface area (TPSA) is 66.6 Å². The van der Waals surface area contributed by atoms with Gasteiger partial charge < -0.3 is 15.7 Å². The van der Waals surface area contributed by atoms with Crippen LogP contribution in [0.15, 0.2) is 24.3 Å². The maximum Gasteiger partial charge on any atom is 0.305 e. The van der Waals surface area contributed by atoms with Gasteiger partial charge in [0.1, 0.15) is 0 Å². The van der Waals surface area contributed by atoms with Crippen LogP contribution in [0.1, 0.15) is 26.2 Å². The van der Waals surface area contributed by atoms with Crippen molar-refractivity contribution < 1.29 is 9.90 Å². The van der Waals surface area contributed by atoms with Crippen LogP contribution in [0.25, 0.3) is 0 Å². The van der Waals surface area contributed by atoms with Gasteiger partial charge in [-0.25, -0.2) is 0 Å². The molecule has 4 nitrogen and oxygen atoms in total. The van der Waals surface area contributed by atoms with Crippen LogP contribution in [0.3, 0.4) is 0 Å². The lowest BCUT2D eigenvalue weighted by atomic mass is 10.2. The van der Waals surface area contributed by atoms with E-state index in [2.05, 4.69) is 6.92 Å². The Morgan fingerprint density at radius 2 is 2.06 bits per heavy atom. The van der Waals surface area contributed by atoms with E-state index in [0.717, 1.165) is 25.1 Å². The van der Waals surface area contributed by atoms with Gasteiger partial charge in [0.15, 0.2) is 0 Å². The first-order valence-electron chi connectivity index (χ1n) is 5.96. The summed E-state index contributed by atoms with van der Waals surface area (Å²) in [6, 6.07) is 7.58. The highest BCUT2D eigenvalue weighted by molar-refractivity contribution is 5.70. The minimum Gasteiger partial charge on any atom is -0.481 e. The lowest BCUT2D eigenvalue weighted by Gasteiger charge is -2.25. The molecule has 0 aliphatic rings. The number of hydrogen-bond acceptors (Lipinski definition) is 3. The zero-order chi connectivity index (χ0) is 12.7. The zero-order valence-corrected chi connectivity index (χ0v) is 10.2. The van der Waals surface area contributed by atoms with E-state index >= 15 is 0 Å². The number of carbonyl (C=O) groups is 1. The van der Waals surface area contributed by atoms with E-state index in [9.17, 15) is 4.79 Å². The lowest BCUT2D eigenvalue weighted by Crippen LogP contribution is -2.28. The van der Waals surface area contributed by atoms with Crippen molar-refractivity contribution in [3.8, 4) is 0 Å². The van der Waals surface area contributed by atoms with E-state index < -0.39 is 5.97 Å². The van der Waals surface area contributed by atoms with Gasteiger partial charge in [-0.2, -0.15) is 0 Å². The molecule has 0 radical (unpaired) electrons. The molecule has 3 N–H and O–H groups in total. The van der Waals surface area contributed by atoms with Crippen LogP contribution in [0.5, 0.6) is 0 Å². The average molecular weight is 236 g/mol. The summed E-state index contributed by atoms with van der Waals surface area (Å²) in [5.74, 6) is -0.777. The number of carboxylic acid groups (broad SMARTS) is 1. The maximum absolute atomic E-state index is 10.6. The molecule has 4 heteroatoms. The van der Waals surface area contributed by atoms with E-state index in [0.29, 0.717) is 12.2 Å². The van der Waals surface area contributed by atoms with Crippen molar-refractivity contribution in [3.63, 3.8) is 0 Å². The first-order valence-corrected chi connectivity index (χ1v) is 5.96. The standard InChI is InChI=1S/C13H20N2O2/c1-2-3-9-15(10-8-13(16)17)12-7-5-4-6-11(12)14/h4-7H,2-3,8-10,14H2,1H3,(H,16,17). The third kappa shape index (κ3) is 4.34. The van der Waals surface area contributed by atoms with E-state index in [-0.39, 0.29) is 6.42 Å². The number of aliphatic carboxylic acids is 1. The number of para-hydroxylation sites is 2. The number of hydrogen-bond donors (Lipinski definition) is 2. The predicted molar refractivity (Wildman–Crippen MR) is 70.2 cm³/mol. The number of nitrogens with two attached hydrogens (primary N) is 1. The fourth-order valence-electron chi connectivity index (χ4n) is 1.71. The number of unbranched alkanes of at least 4 members (excludes halogenated alkanes) is 1. The first kappa shape index (κ1) is 13.4. The monoisotopic (exact) mass is 236 g/mol. The molecule has 0 heterocycles. The smallest absolute Gasteiger partial charge is 0.305 e. The Morgan fingerprint density at radius 1 is 1.35 bits per heavy atom. The van der Waals surface area contributed by atoms with Gasteiger partial charge >= 0.3 is 5.97 Å². The van der Waals surface area contributed by atoms with E-state index in [1.54, 1.807) is 0 Å². The molecular formula is C13H20N2O2. The number of rotatable bonds is 7. The van der Waals surface area contributed by atoms with Gasteiger partial charge in [-0.1, -0.05) is 25.5 Å². The number of carboxylic acids is 1. The number of anilines is 2. The lowest BCUT2D eigenvalue weighted by molar-refractivity contribution is -0.136. The molecular weight excluding hydrogens is 216 g/mol. The van der Waals surface area contributed by atoms with Crippen molar-refractivity contribution in [3.05, 3.63) is 24.3 Å². The zero-order valence-electron chi connectivity index (χ0n) is 10.2. The van der Waals surface area contributed by atoms with Crippen LogP contribution in [-0.2, 0) is 4.79 Å². The third-order valence-electron chi connectivity index (χ3n) is 2.65. The molecule has 0 saturated heterocycles. The summed E-state index contributed by atoms with van der Waals surface area (Å²) in [7, 11) is 0. The normalized spacial score (nSPS) is 10.2. The van der Waals surface area contributed by atoms with Gasteiger partial charge in [-0.15, -0.1) is 0 Å². The van der Waals surface area contributed by atoms with Crippen LogP contribution < -0.4 is 10.6 Å². The largest absolute Gasteiger partial charge is 0.481 e. The molecule has 1 rings (SSSR count). The highest BCUT2D eigenvalue weighted by Crippen LogP contribution is 2.22. The van der Waals surface area contributed by atoms with Gasteiger partial charge in [-0.3, -0.25) is 4.79 Å². The van der Waals surface area contributed by atoms with Crippen molar-refractivity contribution in [1.29, 1.82) is 0 Å². The Bertz CT molecular complexity index is 366. The van der Waals surface area contributed by atoms with Crippen molar-refractivity contribution in [2.24, 2.45) is 0 Å². The molecule has 0 unspecified atom stereocenters. The third-order valence-corrected chi connectivity index (χ3v) is 2.65. The molecule has 1 aromatic rings. The van der Waals surface area contributed by atoms with Gasteiger partial charge in [0.25, 0.3) is 0 Å². The van der Waals surface area contributed by atoms with Crippen molar-refractivity contribution >= 4 is 17.3 Å². The molecule has 0 bridgehead atoms. The second-order valence-corrected chi connectivity index (χ2v) is 4.04. The summed E-state index contributed by atoms with van der Waals surface area (Å²) < 4.78 is 0. The molecule has 1 aromatic carbocycles. The number of benzene rings is 1. The molecule has 0 spiro atoms. The molecule has 17 heavy (non-hydrogen) atoms. The van der Waals surface area contributed by atoms with Crippen molar-refractivity contribution in [1.82, 2.24) is 0 Å². The Hall–Kier alpha value is -1.71. The van der Waals surface area contributed by atoms with Gasteiger partial charge in [-0.05, 0) is 18.6 Å². The summed E-state index contributed by atoms with van der Waals surface area (Å²) in [6.45, 7) is 3.46. The minimum absolute atomic E-state index is 0.137. The molecule has 0 aromatic heterocycles. The number of nitrogens with zero attached hydrogens (tertiary/aromatic N) is 1. The van der Waals surface area contributed by atoms with E-state index in [4.69, 9.17) is 10.8 Å². The Labute approximate surface area is 102 Å². The SMILES string of the molecule is CCCCN(CCC(=O)O)c1ccccc1N. The highest BCUT2D eigenvalue weighted by atomic mass is 16.4. The van der Waals surface area contributed by atoms with Crippen LogP contribution in [0.4, 0.5) is 11.4 Å². The molecule has 0 saturated carbocycles. The van der Waals surface area contributed by atoms with Crippen LogP contribution in [0, 0.1) is 0 Å². The minimum atomic E-state index is -0.777. The van der Waals surface area contributed by atoms with Gasteiger partial charge in [0, 0.05) is 13.1 Å². The summed E-state index contributed by atoms with van der Waals surface area (Å²) >= 11 is 0. The number of nitrogen functional groups attached to an aromatic ring is 1. The fourth-order valence-corrected chi connectivity index (χ4v) is 1.71. The summed E-state index contributed by atoms with van der Waals surface area (Å²) in [4.78, 5) is 12.7. The summed E-state index contributed by atoms with van der Waals surface area (Å²) in [6.07, 6.45) is 2.25. The Balaban J connectivity index is 2.74. The van der Waals surface area contributed by atoms with Crippen LogP contribution in [-0.4, -0.2) is 24.2 Å². The second-order valence-electron chi connectivity index (χ2n) is 4.04. The Kier molecular flexibility index (Phi) is 5.33.